The molecule has 1 aliphatic rings. The van der Waals surface area contributed by atoms with Gasteiger partial charge in [-0.1, -0.05) is 45.8 Å². The van der Waals surface area contributed by atoms with Crippen molar-refractivity contribution >= 4 is 39.6 Å². The summed E-state index contributed by atoms with van der Waals surface area (Å²) >= 11 is 3.42. The number of amides is 3. The predicted molar refractivity (Wildman–Crippen MR) is 130 cm³/mol. The molecule has 0 unspecified atom stereocenters. The van der Waals surface area contributed by atoms with E-state index in [4.69, 9.17) is 4.74 Å². The first-order valence-corrected chi connectivity index (χ1v) is 11.2. The number of nitrogens with one attached hydrogen (secondary N) is 1. The van der Waals surface area contributed by atoms with Gasteiger partial charge in [0.1, 0.15) is 18.1 Å². The fourth-order valence-electron chi connectivity index (χ4n) is 3.50. The van der Waals surface area contributed by atoms with Gasteiger partial charge in [-0.15, -0.1) is 0 Å². The Labute approximate surface area is 204 Å². The molecule has 0 atom stereocenters. The van der Waals surface area contributed by atoms with Gasteiger partial charge < -0.3 is 10.1 Å². The van der Waals surface area contributed by atoms with Crippen LogP contribution in [0.5, 0.6) is 5.75 Å². The molecule has 0 saturated carbocycles. The number of halogens is 1. The third-order valence-electron chi connectivity index (χ3n) is 5.20. The van der Waals surface area contributed by atoms with Crippen molar-refractivity contribution in [3.05, 3.63) is 109 Å². The standard InChI is InChI=1S/C25H20BrN3O5/c1-16-3-2-4-18(11-16)14-28-24(30)22(27-25(28)31)13-19-12-20(26)7-10-23(19)34-15-17-5-8-21(9-6-17)29(32)33/h2-13H,14-15H2,1H3,(H,27,31)/b22-13+. The lowest BCUT2D eigenvalue weighted by Crippen LogP contribution is -2.30. The van der Waals surface area contributed by atoms with E-state index in [1.165, 1.54) is 12.1 Å². The Bertz CT molecular complexity index is 1300. The number of non-ortho nitro benzene ring substituents is 1. The molecule has 0 spiro atoms. The zero-order valence-electron chi connectivity index (χ0n) is 18.2. The summed E-state index contributed by atoms with van der Waals surface area (Å²) in [6, 6.07) is 18.5. The van der Waals surface area contributed by atoms with Crippen LogP contribution in [0, 0.1) is 17.0 Å². The first kappa shape index (κ1) is 23.2. The second-order valence-corrected chi connectivity index (χ2v) is 8.68. The van der Waals surface area contributed by atoms with Crippen LogP contribution in [0.15, 0.2) is 76.9 Å². The van der Waals surface area contributed by atoms with E-state index in [2.05, 4.69) is 21.2 Å². The molecule has 1 heterocycles. The van der Waals surface area contributed by atoms with Crippen LogP contribution in [-0.4, -0.2) is 21.8 Å². The van der Waals surface area contributed by atoms with Crippen molar-refractivity contribution in [2.24, 2.45) is 0 Å². The summed E-state index contributed by atoms with van der Waals surface area (Å²) in [7, 11) is 0. The molecule has 0 aliphatic carbocycles. The minimum atomic E-state index is -0.485. The molecule has 1 fully saturated rings. The highest BCUT2D eigenvalue weighted by Gasteiger charge is 2.33. The highest BCUT2D eigenvalue weighted by Crippen LogP contribution is 2.28. The van der Waals surface area contributed by atoms with Gasteiger partial charge in [0.25, 0.3) is 11.6 Å². The van der Waals surface area contributed by atoms with Gasteiger partial charge in [-0.05, 0) is 54.5 Å². The molecule has 9 heteroatoms. The normalized spacial score (nSPS) is 14.4. The Morgan fingerprint density at radius 3 is 2.53 bits per heavy atom. The number of carbonyl (C=O) groups excluding carboxylic acids is 2. The molecular weight excluding hydrogens is 502 g/mol. The molecule has 1 N–H and O–H groups in total. The zero-order chi connectivity index (χ0) is 24.2. The second-order valence-electron chi connectivity index (χ2n) is 7.76. The minimum Gasteiger partial charge on any atom is -0.488 e. The number of hydrogen-bond acceptors (Lipinski definition) is 5. The Kier molecular flexibility index (Phi) is 6.74. The van der Waals surface area contributed by atoms with E-state index in [0.717, 1.165) is 26.1 Å². The SMILES string of the molecule is Cc1cccc(CN2C(=O)N/C(=C/c3cc(Br)ccc3OCc3ccc([N+](=O)[O-])cc3)C2=O)c1. The number of nitro groups is 1. The van der Waals surface area contributed by atoms with Crippen molar-refractivity contribution in [3.8, 4) is 5.75 Å². The predicted octanol–water partition coefficient (Wildman–Crippen LogP) is 5.34. The van der Waals surface area contributed by atoms with Crippen molar-refractivity contribution in [1.82, 2.24) is 10.2 Å². The summed E-state index contributed by atoms with van der Waals surface area (Å²) in [5.74, 6) is 0.0704. The zero-order valence-corrected chi connectivity index (χ0v) is 19.7. The lowest BCUT2D eigenvalue weighted by molar-refractivity contribution is -0.384. The molecule has 0 radical (unpaired) electrons. The number of rotatable bonds is 7. The van der Waals surface area contributed by atoms with E-state index in [1.54, 1.807) is 36.4 Å². The summed E-state index contributed by atoms with van der Waals surface area (Å²) in [4.78, 5) is 36.9. The van der Waals surface area contributed by atoms with Crippen molar-refractivity contribution in [2.75, 3.05) is 0 Å². The van der Waals surface area contributed by atoms with Crippen LogP contribution >= 0.6 is 15.9 Å². The topological polar surface area (TPSA) is 102 Å². The second kappa shape index (κ2) is 9.88. The number of ether oxygens (including phenoxy) is 1. The van der Waals surface area contributed by atoms with E-state index >= 15 is 0 Å². The van der Waals surface area contributed by atoms with E-state index < -0.39 is 16.9 Å². The van der Waals surface area contributed by atoms with Crippen molar-refractivity contribution < 1.29 is 19.2 Å². The largest absolute Gasteiger partial charge is 0.488 e. The van der Waals surface area contributed by atoms with E-state index in [0.29, 0.717) is 11.3 Å². The lowest BCUT2D eigenvalue weighted by Gasteiger charge is -2.12. The number of benzene rings is 3. The number of imide groups is 1. The monoisotopic (exact) mass is 521 g/mol. The lowest BCUT2D eigenvalue weighted by atomic mass is 10.1. The molecule has 0 bridgehead atoms. The van der Waals surface area contributed by atoms with Gasteiger partial charge in [-0.2, -0.15) is 0 Å². The van der Waals surface area contributed by atoms with Crippen LogP contribution in [0.4, 0.5) is 10.5 Å². The van der Waals surface area contributed by atoms with Gasteiger partial charge in [0.15, 0.2) is 0 Å². The number of urea groups is 1. The number of nitro benzene ring substituents is 1. The first-order chi connectivity index (χ1) is 16.3. The molecule has 0 aromatic heterocycles. The summed E-state index contributed by atoms with van der Waals surface area (Å²) in [6.07, 6.45) is 1.58. The van der Waals surface area contributed by atoms with Crippen LogP contribution in [0.2, 0.25) is 0 Å². The average Bonchev–Trinajstić information content (AvgIpc) is 3.06. The molecule has 4 rings (SSSR count). The van der Waals surface area contributed by atoms with Gasteiger partial charge in [-0.3, -0.25) is 19.8 Å². The van der Waals surface area contributed by atoms with Crippen LogP contribution in [-0.2, 0) is 17.9 Å². The molecule has 3 aromatic carbocycles. The number of carbonyl (C=O) groups is 2. The highest BCUT2D eigenvalue weighted by molar-refractivity contribution is 9.10. The molecule has 3 amide bonds. The van der Waals surface area contributed by atoms with Gasteiger partial charge >= 0.3 is 6.03 Å². The summed E-state index contributed by atoms with van der Waals surface area (Å²) in [6.45, 7) is 2.30. The van der Waals surface area contributed by atoms with Crippen molar-refractivity contribution in [3.63, 3.8) is 0 Å². The Hall–Kier alpha value is -3.98. The maximum atomic E-state index is 12.9. The third kappa shape index (κ3) is 5.32. The fourth-order valence-corrected chi connectivity index (χ4v) is 3.88. The maximum absolute atomic E-state index is 12.9. The van der Waals surface area contributed by atoms with Crippen molar-refractivity contribution in [1.29, 1.82) is 0 Å². The van der Waals surface area contributed by atoms with Gasteiger partial charge in [0.05, 0.1) is 11.5 Å². The summed E-state index contributed by atoms with van der Waals surface area (Å²) in [5.41, 5.74) is 3.40. The summed E-state index contributed by atoms with van der Waals surface area (Å²) in [5, 5.41) is 13.5. The quantitative estimate of drug-likeness (QED) is 0.196. The Morgan fingerprint density at radius 2 is 1.82 bits per heavy atom. The van der Waals surface area contributed by atoms with Gasteiger partial charge in [0.2, 0.25) is 0 Å². The van der Waals surface area contributed by atoms with Crippen LogP contribution in [0.3, 0.4) is 0 Å². The first-order valence-electron chi connectivity index (χ1n) is 10.4. The van der Waals surface area contributed by atoms with Crippen LogP contribution < -0.4 is 10.1 Å². The molecule has 1 aliphatic heterocycles. The van der Waals surface area contributed by atoms with E-state index in [9.17, 15) is 19.7 Å². The molecule has 1 saturated heterocycles. The molecule has 34 heavy (non-hydrogen) atoms. The number of nitrogens with zero attached hydrogens (tertiary/aromatic N) is 2. The smallest absolute Gasteiger partial charge is 0.329 e. The van der Waals surface area contributed by atoms with E-state index in [1.807, 2.05) is 31.2 Å². The van der Waals surface area contributed by atoms with Gasteiger partial charge in [0, 0.05) is 22.2 Å². The van der Waals surface area contributed by atoms with Crippen molar-refractivity contribution in [2.45, 2.75) is 20.1 Å². The molecular formula is C25H20BrN3O5. The number of aryl methyl sites for hydroxylation is 1. The van der Waals surface area contributed by atoms with Crippen LogP contribution in [0.1, 0.15) is 22.3 Å². The van der Waals surface area contributed by atoms with E-state index in [-0.39, 0.29) is 24.5 Å². The minimum absolute atomic E-state index is 0.00326. The molecule has 8 nitrogen and oxygen atoms in total. The van der Waals surface area contributed by atoms with Crippen LogP contribution in [0.25, 0.3) is 6.08 Å². The fraction of sp³-hybridized carbons (Fsp3) is 0.120. The number of hydrogen-bond donors (Lipinski definition) is 1. The Morgan fingerprint density at radius 1 is 1.06 bits per heavy atom. The summed E-state index contributed by atoms with van der Waals surface area (Å²) < 4.78 is 6.69. The highest BCUT2D eigenvalue weighted by atomic mass is 79.9. The maximum Gasteiger partial charge on any atom is 0.329 e. The van der Waals surface area contributed by atoms with Gasteiger partial charge in [-0.25, -0.2) is 4.79 Å². The molecule has 172 valence electrons. The third-order valence-corrected chi connectivity index (χ3v) is 5.69. The molecule has 3 aromatic rings. The Balaban J connectivity index is 1.53. The average molecular weight is 522 g/mol.